The molecule has 2 heterocycles. The average molecular weight is 472 g/mol. The number of hydrogen-bond acceptors (Lipinski definition) is 5. The third-order valence-electron chi connectivity index (χ3n) is 6.47. The lowest BCUT2D eigenvalue weighted by Gasteiger charge is -2.35. The molecule has 0 saturated carbocycles. The van der Waals surface area contributed by atoms with Crippen molar-refractivity contribution in [2.24, 2.45) is 5.92 Å². The molecule has 0 aromatic heterocycles. The largest absolute Gasteiger partial charge is 0.507 e. The summed E-state index contributed by atoms with van der Waals surface area (Å²) in [6, 6.07) is 12.5. The van der Waals surface area contributed by atoms with Crippen molar-refractivity contribution >= 4 is 21.8 Å². The smallest absolute Gasteiger partial charge is 0.257 e. The van der Waals surface area contributed by atoms with Crippen LogP contribution in [0.2, 0.25) is 0 Å². The normalized spacial score (nSPS) is 18.3. The summed E-state index contributed by atoms with van der Waals surface area (Å²) in [7, 11) is -3.56. The quantitative estimate of drug-likeness (QED) is 0.739. The van der Waals surface area contributed by atoms with Crippen LogP contribution in [0, 0.1) is 5.92 Å². The number of nitrogens with zero attached hydrogens (tertiary/aromatic N) is 3. The lowest BCUT2D eigenvalue weighted by Crippen LogP contribution is -2.50. The van der Waals surface area contributed by atoms with Gasteiger partial charge in [-0.15, -0.1) is 0 Å². The number of phenols is 1. The second-order valence-corrected chi connectivity index (χ2v) is 10.7. The number of sulfonamides is 1. The molecule has 0 radical (unpaired) electrons. The number of para-hydroxylation sites is 1. The van der Waals surface area contributed by atoms with Gasteiger partial charge >= 0.3 is 0 Å². The molecule has 1 N–H and O–H groups in total. The zero-order valence-electron chi connectivity index (χ0n) is 18.7. The summed E-state index contributed by atoms with van der Waals surface area (Å²) in [4.78, 5) is 29.0. The Labute approximate surface area is 194 Å². The van der Waals surface area contributed by atoms with Gasteiger partial charge in [-0.1, -0.05) is 19.1 Å². The summed E-state index contributed by atoms with van der Waals surface area (Å²) in [6.45, 7) is 4.62. The fraction of sp³-hybridized carbons (Fsp3) is 0.417. The van der Waals surface area contributed by atoms with Crippen molar-refractivity contribution in [1.29, 1.82) is 0 Å². The van der Waals surface area contributed by atoms with Crippen molar-refractivity contribution in [2.75, 3.05) is 39.3 Å². The molecule has 2 amide bonds. The van der Waals surface area contributed by atoms with Crippen molar-refractivity contribution in [3.63, 3.8) is 0 Å². The second-order valence-electron chi connectivity index (χ2n) is 8.71. The van der Waals surface area contributed by atoms with E-state index in [9.17, 15) is 23.1 Å². The maximum Gasteiger partial charge on any atom is 0.257 e. The van der Waals surface area contributed by atoms with E-state index >= 15 is 0 Å². The van der Waals surface area contributed by atoms with Gasteiger partial charge in [-0.3, -0.25) is 9.59 Å². The number of carbonyl (C=O) groups is 2. The predicted octanol–water partition coefficient (Wildman–Crippen LogP) is 2.41. The Morgan fingerprint density at radius 2 is 1.36 bits per heavy atom. The first-order valence-electron chi connectivity index (χ1n) is 11.2. The van der Waals surface area contributed by atoms with Crippen LogP contribution < -0.4 is 0 Å². The average Bonchev–Trinajstić information content (AvgIpc) is 2.84. The zero-order chi connectivity index (χ0) is 23.6. The molecule has 0 atom stereocenters. The van der Waals surface area contributed by atoms with Crippen molar-refractivity contribution in [1.82, 2.24) is 14.1 Å². The highest BCUT2D eigenvalue weighted by Crippen LogP contribution is 2.24. The maximum absolute atomic E-state index is 12.9. The Balaban J connectivity index is 1.37. The van der Waals surface area contributed by atoms with Crippen LogP contribution in [0.3, 0.4) is 0 Å². The molecule has 8 nitrogen and oxygen atoms in total. The van der Waals surface area contributed by atoms with E-state index in [0.717, 1.165) is 12.8 Å². The first kappa shape index (κ1) is 23.3. The molecule has 0 unspecified atom stereocenters. The highest BCUT2D eigenvalue weighted by molar-refractivity contribution is 7.89. The Bertz CT molecular complexity index is 1120. The van der Waals surface area contributed by atoms with E-state index in [2.05, 4.69) is 6.92 Å². The van der Waals surface area contributed by atoms with Crippen molar-refractivity contribution < 1.29 is 23.1 Å². The Hall–Kier alpha value is -2.91. The van der Waals surface area contributed by atoms with Gasteiger partial charge in [0.25, 0.3) is 11.8 Å². The first-order chi connectivity index (χ1) is 15.8. The van der Waals surface area contributed by atoms with Gasteiger partial charge in [0, 0.05) is 44.8 Å². The number of carbonyl (C=O) groups excluding carboxylic acids is 2. The Kier molecular flexibility index (Phi) is 6.71. The molecule has 2 aliphatic heterocycles. The van der Waals surface area contributed by atoms with E-state index in [1.165, 1.54) is 22.5 Å². The first-order valence-corrected chi connectivity index (χ1v) is 12.7. The number of piperazine rings is 1. The topological polar surface area (TPSA) is 98.2 Å². The number of amides is 2. The summed E-state index contributed by atoms with van der Waals surface area (Å²) in [5.41, 5.74) is 0.666. The van der Waals surface area contributed by atoms with Crippen LogP contribution in [0.4, 0.5) is 0 Å². The molecule has 0 bridgehead atoms. The molecule has 0 spiro atoms. The molecule has 2 fully saturated rings. The zero-order valence-corrected chi connectivity index (χ0v) is 19.5. The van der Waals surface area contributed by atoms with Crippen LogP contribution in [0.25, 0.3) is 0 Å². The SMILES string of the molecule is CC1CCN(S(=O)(=O)c2ccc(C(=O)N3CCN(C(=O)c4ccccc4O)CC3)cc2)CC1. The Morgan fingerprint density at radius 1 is 0.818 bits per heavy atom. The monoisotopic (exact) mass is 471 g/mol. The number of aromatic hydroxyl groups is 1. The summed E-state index contributed by atoms with van der Waals surface area (Å²) in [5, 5.41) is 9.92. The minimum Gasteiger partial charge on any atom is -0.507 e. The van der Waals surface area contributed by atoms with Gasteiger partial charge in [-0.05, 0) is 55.2 Å². The lowest BCUT2D eigenvalue weighted by atomic mass is 10.0. The minimum absolute atomic E-state index is 0.0601. The minimum atomic E-state index is -3.56. The van der Waals surface area contributed by atoms with Crippen molar-refractivity contribution in [2.45, 2.75) is 24.7 Å². The maximum atomic E-state index is 12.9. The van der Waals surface area contributed by atoms with E-state index in [1.807, 2.05) is 0 Å². The van der Waals surface area contributed by atoms with Crippen LogP contribution >= 0.6 is 0 Å². The summed E-state index contributed by atoms with van der Waals surface area (Å²) < 4.78 is 27.3. The number of phenolic OH excluding ortho intramolecular Hbond substituents is 1. The number of piperidine rings is 1. The third kappa shape index (κ3) is 4.89. The van der Waals surface area contributed by atoms with Crippen LogP contribution in [0.1, 0.15) is 40.5 Å². The van der Waals surface area contributed by atoms with Crippen molar-refractivity contribution in [3.8, 4) is 5.75 Å². The van der Waals surface area contributed by atoms with Gasteiger partial charge in [0.05, 0.1) is 10.5 Å². The summed E-state index contributed by atoms with van der Waals surface area (Å²) in [6.07, 6.45) is 1.71. The van der Waals surface area contributed by atoms with Gasteiger partial charge in [0.15, 0.2) is 0 Å². The molecule has 4 rings (SSSR count). The number of benzene rings is 2. The summed E-state index contributed by atoms with van der Waals surface area (Å²) >= 11 is 0. The Morgan fingerprint density at radius 3 is 1.94 bits per heavy atom. The van der Waals surface area contributed by atoms with E-state index in [1.54, 1.807) is 40.1 Å². The molecular weight excluding hydrogens is 442 g/mol. The van der Waals surface area contributed by atoms with E-state index < -0.39 is 10.0 Å². The van der Waals surface area contributed by atoms with E-state index in [0.29, 0.717) is 50.7 Å². The predicted molar refractivity (Wildman–Crippen MR) is 124 cm³/mol. The summed E-state index contributed by atoms with van der Waals surface area (Å²) in [5.74, 6) is 0.0166. The molecule has 2 aromatic carbocycles. The van der Waals surface area contributed by atoms with Crippen LogP contribution in [-0.4, -0.2) is 78.7 Å². The fourth-order valence-corrected chi connectivity index (χ4v) is 5.73. The highest BCUT2D eigenvalue weighted by atomic mass is 32.2. The molecule has 2 aliphatic rings. The van der Waals surface area contributed by atoms with Gasteiger partial charge < -0.3 is 14.9 Å². The molecule has 33 heavy (non-hydrogen) atoms. The van der Waals surface area contributed by atoms with Crippen LogP contribution in [-0.2, 0) is 10.0 Å². The second kappa shape index (κ2) is 9.52. The molecule has 176 valence electrons. The van der Waals surface area contributed by atoms with Gasteiger partial charge in [-0.25, -0.2) is 8.42 Å². The van der Waals surface area contributed by atoms with Crippen LogP contribution in [0.5, 0.6) is 5.75 Å². The number of hydrogen-bond donors (Lipinski definition) is 1. The standard InChI is InChI=1S/C24H29N3O5S/c1-18-10-12-27(13-11-18)33(31,32)20-8-6-19(7-9-20)23(29)25-14-16-26(17-15-25)24(30)21-4-2-3-5-22(21)28/h2-9,18,28H,10-17H2,1H3. The molecule has 2 aromatic rings. The number of rotatable bonds is 4. The van der Waals surface area contributed by atoms with E-state index in [4.69, 9.17) is 0 Å². The molecule has 9 heteroatoms. The molecular formula is C24H29N3O5S. The van der Waals surface area contributed by atoms with Gasteiger partial charge in [-0.2, -0.15) is 4.31 Å². The van der Waals surface area contributed by atoms with E-state index in [-0.39, 0.29) is 28.0 Å². The fourth-order valence-electron chi connectivity index (χ4n) is 4.26. The lowest BCUT2D eigenvalue weighted by molar-refractivity contribution is 0.0533. The van der Waals surface area contributed by atoms with Crippen molar-refractivity contribution in [3.05, 3.63) is 59.7 Å². The van der Waals surface area contributed by atoms with Crippen LogP contribution in [0.15, 0.2) is 53.4 Å². The third-order valence-corrected chi connectivity index (χ3v) is 8.38. The highest BCUT2D eigenvalue weighted by Gasteiger charge is 2.29. The molecule has 2 saturated heterocycles. The van der Waals surface area contributed by atoms with Gasteiger partial charge in [0.2, 0.25) is 10.0 Å². The van der Waals surface area contributed by atoms with Gasteiger partial charge in [0.1, 0.15) is 5.75 Å². The molecule has 0 aliphatic carbocycles.